The quantitative estimate of drug-likeness (QED) is 0.752. The summed E-state index contributed by atoms with van der Waals surface area (Å²) in [5, 5.41) is 2.73. The summed E-state index contributed by atoms with van der Waals surface area (Å²) in [6.07, 6.45) is 1.08. The van der Waals surface area contributed by atoms with Gasteiger partial charge >= 0.3 is 0 Å². The molecule has 0 aliphatic rings. The first kappa shape index (κ1) is 15.9. The van der Waals surface area contributed by atoms with E-state index in [0.717, 1.165) is 6.26 Å². The zero-order valence-electron chi connectivity index (χ0n) is 10.3. The first-order valence-electron chi connectivity index (χ1n) is 5.42. The molecular formula is C11H15ClN2O4S. The first-order valence-corrected chi connectivity index (χ1v) is 7.69. The number of sulfone groups is 1. The lowest BCUT2D eigenvalue weighted by atomic mass is 10.3. The highest BCUT2D eigenvalue weighted by molar-refractivity contribution is 7.90. The van der Waals surface area contributed by atoms with Crippen molar-refractivity contribution in [1.82, 2.24) is 0 Å². The molecule has 0 saturated heterocycles. The number of amides is 1. The van der Waals surface area contributed by atoms with E-state index in [-0.39, 0.29) is 28.8 Å². The van der Waals surface area contributed by atoms with Crippen LogP contribution < -0.4 is 11.1 Å². The highest BCUT2D eigenvalue weighted by Gasteiger charge is 2.12. The monoisotopic (exact) mass is 306 g/mol. The van der Waals surface area contributed by atoms with Crippen molar-refractivity contribution < 1.29 is 17.9 Å². The molecule has 19 heavy (non-hydrogen) atoms. The minimum Gasteiger partial charge on any atom is -0.370 e. The number of halogens is 1. The van der Waals surface area contributed by atoms with Crippen LogP contribution >= 0.6 is 11.6 Å². The van der Waals surface area contributed by atoms with Gasteiger partial charge in [-0.05, 0) is 18.2 Å². The summed E-state index contributed by atoms with van der Waals surface area (Å²) in [5.41, 5.74) is 5.44. The van der Waals surface area contributed by atoms with E-state index in [0.29, 0.717) is 6.54 Å². The maximum absolute atomic E-state index is 11.5. The Morgan fingerprint density at radius 3 is 2.74 bits per heavy atom. The lowest BCUT2D eigenvalue weighted by Crippen LogP contribution is -2.21. The Bertz CT molecular complexity index is 560. The molecule has 0 aromatic heterocycles. The molecule has 3 N–H and O–H groups in total. The first-order chi connectivity index (χ1) is 8.84. The van der Waals surface area contributed by atoms with Gasteiger partial charge in [0.25, 0.3) is 0 Å². The molecule has 6 nitrogen and oxygen atoms in total. The molecule has 0 spiro atoms. The number of anilines is 1. The van der Waals surface area contributed by atoms with Crippen LogP contribution in [-0.4, -0.2) is 40.3 Å². The third-order valence-corrected chi connectivity index (χ3v) is 3.58. The maximum Gasteiger partial charge on any atom is 0.250 e. The molecule has 0 fully saturated rings. The molecule has 0 heterocycles. The minimum absolute atomic E-state index is 0.0788. The Balaban J connectivity index is 2.80. The zero-order chi connectivity index (χ0) is 14.5. The second-order valence-corrected chi connectivity index (χ2v) is 6.23. The number of carbonyl (C=O) groups is 1. The fraction of sp³-hybridized carbons (Fsp3) is 0.364. The van der Waals surface area contributed by atoms with Crippen LogP contribution in [0.3, 0.4) is 0 Å². The number of hydrogen-bond donors (Lipinski definition) is 2. The van der Waals surface area contributed by atoms with Gasteiger partial charge in [0.05, 0.1) is 22.2 Å². The van der Waals surface area contributed by atoms with Gasteiger partial charge in [0.2, 0.25) is 5.91 Å². The van der Waals surface area contributed by atoms with E-state index in [1.165, 1.54) is 18.2 Å². The summed E-state index contributed by atoms with van der Waals surface area (Å²) >= 11 is 5.88. The maximum atomic E-state index is 11.5. The van der Waals surface area contributed by atoms with Gasteiger partial charge in [0, 0.05) is 12.8 Å². The third-order valence-electron chi connectivity index (χ3n) is 2.14. The topological polar surface area (TPSA) is 98.5 Å². The summed E-state index contributed by atoms with van der Waals surface area (Å²) in [6, 6.07) is 4.09. The summed E-state index contributed by atoms with van der Waals surface area (Å²) in [4.78, 5) is 11.6. The van der Waals surface area contributed by atoms with Crippen molar-refractivity contribution in [3.05, 3.63) is 23.2 Å². The number of carbonyl (C=O) groups excluding carboxylic acids is 1. The Morgan fingerprint density at radius 1 is 1.47 bits per heavy atom. The van der Waals surface area contributed by atoms with Crippen LogP contribution in [0.4, 0.5) is 5.69 Å². The van der Waals surface area contributed by atoms with Crippen molar-refractivity contribution >= 4 is 33.0 Å². The second kappa shape index (κ2) is 6.85. The Hall–Kier alpha value is -1.15. The molecular weight excluding hydrogens is 292 g/mol. The predicted octanol–water partition coefficient (Wildman–Crippen LogP) is 0.657. The van der Waals surface area contributed by atoms with Crippen molar-refractivity contribution in [2.45, 2.75) is 4.90 Å². The molecule has 0 radical (unpaired) electrons. The molecule has 0 aliphatic heterocycles. The standard InChI is InChI=1S/C11H15ClN2O4S/c1-19(16,17)8-2-3-9(12)10(6-8)14-11(15)7-18-5-4-13/h2-3,6H,4-5,7,13H2,1H3,(H,14,15). The van der Waals surface area contributed by atoms with Crippen LogP contribution in [0.15, 0.2) is 23.1 Å². The molecule has 8 heteroatoms. The van der Waals surface area contributed by atoms with Crippen molar-refractivity contribution in [2.75, 3.05) is 31.3 Å². The summed E-state index contributed by atoms with van der Waals surface area (Å²) in [7, 11) is -3.36. The summed E-state index contributed by atoms with van der Waals surface area (Å²) < 4.78 is 27.8. The van der Waals surface area contributed by atoms with Gasteiger partial charge in [-0.15, -0.1) is 0 Å². The van der Waals surface area contributed by atoms with Crippen molar-refractivity contribution in [1.29, 1.82) is 0 Å². The highest BCUT2D eigenvalue weighted by atomic mass is 35.5. The molecule has 1 rings (SSSR count). The van der Waals surface area contributed by atoms with Gasteiger partial charge < -0.3 is 15.8 Å². The molecule has 1 amide bonds. The lowest BCUT2D eigenvalue weighted by molar-refractivity contribution is -0.120. The van der Waals surface area contributed by atoms with Crippen molar-refractivity contribution in [2.24, 2.45) is 5.73 Å². The van der Waals surface area contributed by atoms with Crippen molar-refractivity contribution in [3.8, 4) is 0 Å². The van der Waals surface area contributed by atoms with Crippen LogP contribution in [0.5, 0.6) is 0 Å². The van der Waals surface area contributed by atoms with E-state index < -0.39 is 15.7 Å². The molecule has 0 aliphatic carbocycles. The molecule has 1 aromatic rings. The Morgan fingerprint density at radius 2 is 2.16 bits per heavy atom. The van der Waals surface area contributed by atoms with Crippen LogP contribution in [-0.2, 0) is 19.4 Å². The molecule has 0 saturated carbocycles. The van der Waals surface area contributed by atoms with E-state index in [1.807, 2.05) is 0 Å². The van der Waals surface area contributed by atoms with Gasteiger partial charge in [-0.25, -0.2) is 8.42 Å². The third kappa shape index (κ3) is 5.15. The number of rotatable bonds is 6. The number of nitrogens with one attached hydrogen (secondary N) is 1. The van der Waals surface area contributed by atoms with E-state index in [1.54, 1.807) is 0 Å². The molecule has 1 aromatic carbocycles. The van der Waals surface area contributed by atoms with Crippen LogP contribution in [0.1, 0.15) is 0 Å². The minimum atomic E-state index is -3.36. The number of ether oxygens (including phenoxy) is 1. The van der Waals surface area contributed by atoms with Gasteiger partial charge in [0.1, 0.15) is 6.61 Å². The van der Waals surface area contributed by atoms with Gasteiger partial charge in [-0.2, -0.15) is 0 Å². The van der Waals surface area contributed by atoms with Crippen LogP contribution in [0.25, 0.3) is 0 Å². The van der Waals surface area contributed by atoms with Crippen LogP contribution in [0, 0.1) is 0 Å². The highest BCUT2D eigenvalue weighted by Crippen LogP contribution is 2.25. The normalized spacial score (nSPS) is 11.3. The molecule has 0 bridgehead atoms. The SMILES string of the molecule is CS(=O)(=O)c1ccc(Cl)c(NC(=O)COCCN)c1. The van der Waals surface area contributed by atoms with Gasteiger partial charge in [-0.1, -0.05) is 11.6 Å². The van der Waals surface area contributed by atoms with E-state index in [2.05, 4.69) is 5.32 Å². The number of nitrogens with two attached hydrogens (primary N) is 1. The predicted molar refractivity (Wildman–Crippen MR) is 73.1 cm³/mol. The zero-order valence-corrected chi connectivity index (χ0v) is 11.9. The number of hydrogen-bond acceptors (Lipinski definition) is 5. The van der Waals surface area contributed by atoms with Crippen molar-refractivity contribution in [3.63, 3.8) is 0 Å². The average molecular weight is 307 g/mol. The molecule has 106 valence electrons. The summed E-state index contributed by atoms with van der Waals surface area (Å²) in [6.45, 7) is 0.415. The lowest BCUT2D eigenvalue weighted by Gasteiger charge is -2.09. The second-order valence-electron chi connectivity index (χ2n) is 3.80. The average Bonchev–Trinajstić information content (AvgIpc) is 2.31. The smallest absolute Gasteiger partial charge is 0.250 e. The largest absolute Gasteiger partial charge is 0.370 e. The Labute approximate surface area is 116 Å². The molecule has 0 unspecified atom stereocenters. The Kier molecular flexibility index (Phi) is 5.74. The van der Waals surface area contributed by atoms with Gasteiger partial charge in [0.15, 0.2) is 9.84 Å². The van der Waals surface area contributed by atoms with Gasteiger partial charge in [-0.3, -0.25) is 4.79 Å². The van der Waals surface area contributed by atoms with E-state index >= 15 is 0 Å². The number of benzene rings is 1. The van der Waals surface area contributed by atoms with E-state index in [9.17, 15) is 13.2 Å². The molecule has 0 atom stereocenters. The van der Waals surface area contributed by atoms with Crippen LogP contribution in [0.2, 0.25) is 5.02 Å². The van der Waals surface area contributed by atoms with E-state index in [4.69, 9.17) is 22.1 Å². The summed E-state index contributed by atoms with van der Waals surface area (Å²) in [5.74, 6) is -0.430. The fourth-order valence-electron chi connectivity index (χ4n) is 1.27. The fourth-order valence-corrected chi connectivity index (χ4v) is 2.08.